The SMILES string of the molecule is COc1cc(OC)cc([C@@H]2C(C(=O)OCc3ccccc3)=C(C)N=C3SC=C(CC(=O)N4CCOCC4)N32)c1. The summed E-state index contributed by atoms with van der Waals surface area (Å²) in [6.07, 6.45) is 0.176. The Morgan fingerprint density at radius 1 is 1.05 bits per heavy atom. The molecule has 39 heavy (non-hydrogen) atoms. The number of amidine groups is 1. The van der Waals surface area contributed by atoms with Crippen LogP contribution in [0.3, 0.4) is 0 Å². The van der Waals surface area contributed by atoms with E-state index in [2.05, 4.69) is 0 Å². The molecule has 1 amide bonds. The lowest BCUT2D eigenvalue weighted by Gasteiger charge is -2.37. The summed E-state index contributed by atoms with van der Waals surface area (Å²) in [4.78, 5) is 35.4. The van der Waals surface area contributed by atoms with E-state index in [0.29, 0.717) is 54.2 Å². The minimum Gasteiger partial charge on any atom is -0.497 e. The summed E-state index contributed by atoms with van der Waals surface area (Å²) in [5.41, 5.74) is 3.38. The van der Waals surface area contributed by atoms with E-state index in [-0.39, 0.29) is 18.9 Å². The fraction of sp³-hybridized carbons (Fsp3) is 0.345. The van der Waals surface area contributed by atoms with Crippen molar-refractivity contribution in [3.63, 3.8) is 0 Å². The Balaban J connectivity index is 1.51. The van der Waals surface area contributed by atoms with Crippen molar-refractivity contribution in [1.29, 1.82) is 0 Å². The maximum absolute atomic E-state index is 13.7. The standard InChI is InChI=1S/C29H31N3O6S/c1-19-26(28(34)38-17-20-7-5-4-6-8-20)27(21-13-23(35-2)16-24(14-21)36-3)32-22(18-39-29(32)30-19)15-25(33)31-9-11-37-12-10-31/h4-8,13-14,16,18,27H,9-12,15,17H2,1-3H3/t27-/m1/s1. The molecule has 2 aromatic rings. The second-order valence-electron chi connectivity index (χ2n) is 9.27. The molecule has 0 aromatic heterocycles. The van der Waals surface area contributed by atoms with Crippen molar-refractivity contribution in [3.05, 3.63) is 82.0 Å². The fourth-order valence-corrected chi connectivity index (χ4v) is 5.78. The molecular formula is C29H31N3O6S. The Morgan fingerprint density at radius 3 is 2.41 bits per heavy atom. The van der Waals surface area contributed by atoms with Crippen LogP contribution in [0, 0.1) is 0 Å². The highest BCUT2D eigenvalue weighted by Gasteiger charge is 2.42. The number of rotatable bonds is 8. The number of carbonyl (C=O) groups is 2. The Morgan fingerprint density at radius 2 is 1.74 bits per heavy atom. The number of benzene rings is 2. The maximum Gasteiger partial charge on any atom is 0.338 e. The summed E-state index contributed by atoms with van der Waals surface area (Å²) in [7, 11) is 3.17. The second-order valence-corrected chi connectivity index (χ2v) is 10.1. The molecule has 1 fully saturated rings. The predicted octanol–water partition coefficient (Wildman–Crippen LogP) is 4.27. The molecule has 0 radical (unpaired) electrons. The summed E-state index contributed by atoms with van der Waals surface area (Å²) < 4.78 is 22.3. The molecule has 1 atom stereocenters. The molecule has 9 nitrogen and oxygen atoms in total. The van der Waals surface area contributed by atoms with Crippen molar-refractivity contribution in [2.24, 2.45) is 4.99 Å². The van der Waals surface area contributed by atoms with E-state index < -0.39 is 12.0 Å². The van der Waals surface area contributed by atoms with Crippen LogP contribution in [0.2, 0.25) is 0 Å². The van der Waals surface area contributed by atoms with Crippen LogP contribution < -0.4 is 9.47 Å². The Bertz CT molecular complexity index is 1310. The molecule has 2 aromatic carbocycles. The second kappa shape index (κ2) is 12.0. The van der Waals surface area contributed by atoms with Gasteiger partial charge >= 0.3 is 5.97 Å². The molecular weight excluding hydrogens is 518 g/mol. The Kier molecular flexibility index (Phi) is 8.23. The number of thioether (sulfide) groups is 1. The van der Waals surface area contributed by atoms with Crippen LogP contribution in [0.4, 0.5) is 0 Å². The number of morpholine rings is 1. The average Bonchev–Trinajstić information content (AvgIpc) is 3.37. The number of amides is 1. The monoisotopic (exact) mass is 549 g/mol. The molecule has 5 rings (SSSR count). The minimum absolute atomic E-state index is 0.00727. The zero-order chi connectivity index (χ0) is 27.4. The van der Waals surface area contributed by atoms with Crippen LogP contribution in [0.5, 0.6) is 11.5 Å². The third kappa shape index (κ3) is 5.81. The van der Waals surface area contributed by atoms with Gasteiger partial charge in [-0.25, -0.2) is 9.79 Å². The molecule has 1 saturated heterocycles. The van der Waals surface area contributed by atoms with Gasteiger partial charge in [0.2, 0.25) is 5.91 Å². The third-order valence-corrected chi connectivity index (χ3v) is 7.71. The zero-order valence-corrected chi connectivity index (χ0v) is 23.0. The number of allylic oxidation sites excluding steroid dienone is 1. The lowest BCUT2D eigenvalue weighted by Crippen LogP contribution is -2.42. The topological polar surface area (TPSA) is 89.9 Å². The predicted molar refractivity (Wildman–Crippen MR) is 148 cm³/mol. The van der Waals surface area contributed by atoms with Crippen molar-refractivity contribution in [1.82, 2.24) is 9.80 Å². The molecule has 0 saturated carbocycles. The Labute approximate surface area is 232 Å². The number of ether oxygens (including phenoxy) is 4. The fourth-order valence-electron chi connectivity index (χ4n) is 4.81. The quantitative estimate of drug-likeness (QED) is 0.451. The summed E-state index contributed by atoms with van der Waals surface area (Å²) in [5.74, 6) is 0.712. The van der Waals surface area contributed by atoms with Crippen LogP contribution in [0.1, 0.15) is 30.5 Å². The van der Waals surface area contributed by atoms with Gasteiger partial charge in [-0.2, -0.15) is 0 Å². The maximum atomic E-state index is 13.7. The van der Waals surface area contributed by atoms with Gasteiger partial charge in [0.25, 0.3) is 0 Å². The Hall–Kier alpha value is -3.76. The number of fused-ring (bicyclic) bond motifs is 1. The average molecular weight is 550 g/mol. The van der Waals surface area contributed by atoms with E-state index in [1.165, 1.54) is 11.8 Å². The van der Waals surface area contributed by atoms with Gasteiger partial charge in [0.05, 0.1) is 51.2 Å². The first kappa shape index (κ1) is 26.8. The first-order valence-electron chi connectivity index (χ1n) is 12.7. The number of esters is 1. The van der Waals surface area contributed by atoms with Gasteiger partial charge in [-0.05, 0) is 35.6 Å². The number of methoxy groups -OCH3 is 2. The molecule has 10 heteroatoms. The van der Waals surface area contributed by atoms with E-state index in [0.717, 1.165) is 16.8 Å². The van der Waals surface area contributed by atoms with Gasteiger partial charge < -0.3 is 28.7 Å². The highest BCUT2D eigenvalue weighted by molar-refractivity contribution is 8.16. The number of hydrogen-bond acceptors (Lipinski definition) is 9. The third-order valence-electron chi connectivity index (χ3n) is 6.82. The van der Waals surface area contributed by atoms with Gasteiger partial charge in [-0.3, -0.25) is 4.79 Å². The molecule has 0 spiro atoms. The summed E-state index contributed by atoms with van der Waals surface area (Å²) in [6, 6.07) is 14.5. The van der Waals surface area contributed by atoms with Gasteiger partial charge in [0.1, 0.15) is 18.1 Å². The lowest BCUT2D eigenvalue weighted by molar-refractivity contribution is -0.141. The van der Waals surface area contributed by atoms with E-state index >= 15 is 0 Å². The number of nitrogens with zero attached hydrogens (tertiary/aromatic N) is 3. The van der Waals surface area contributed by atoms with Crippen molar-refractivity contribution in [3.8, 4) is 11.5 Å². The summed E-state index contributed by atoms with van der Waals surface area (Å²) in [6.45, 7) is 4.13. The van der Waals surface area contributed by atoms with E-state index in [9.17, 15) is 9.59 Å². The van der Waals surface area contributed by atoms with E-state index in [4.69, 9.17) is 23.9 Å². The van der Waals surface area contributed by atoms with Gasteiger partial charge in [-0.15, -0.1) is 0 Å². The molecule has 0 N–H and O–H groups in total. The van der Waals surface area contributed by atoms with E-state index in [1.807, 2.05) is 64.6 Å². The molecule has 3 heterocycles. The summed E-state index contributed by atoms with van der Waals surface area (Å²) >= 11 is 1.44. The molecule has 3 aliphatic heterocycles. The van der Waals surface area contributed by atoms with Crippen LogP contribution in [-0.4, -0.2) is 67.4 Å². The largest absolute Gasteiger partial charge is 0.497 e. The first-order valence-corrected chi connectivity index (χ1v) is 13.6. The van der Waals surface area contributed by atoms with E-state index in [1.54, 1.807) is 20.3 Å². The molecule has 0 aliphatic carbocycles. The van der Waals surface area contributed by atoms with Crippen LogP contribution in [-0.2, 0) is 25.7 Å². The van der Waals surface area contributed by atoms with Gasteiger partial charge in [0.15, 0.2) is 5.17 Å². The molecule has 0 bridgehead atoms. The summed E-state index contributed by atoms with van der Waals surface area (Å²) in [5, 5.41) is 2.64. The smallest absolute Gasteiger partial charge is 0.338 e. The van der Waals surface area contributed by atoms with Crippen LogP contribution in [0.15, 0.2) is 75.9 Å². The lowest BCUT2D eigenvalue weighted by atomic mass is 9.93. The number of aliphatic imine (C=N–C) groups is 1. The highest BCUT2D eigenvalue weighted by Crippen LogP contribution is 2.46. The van der Waals surface area contributed by atoms with Crippen molar-refractivity contribution in [2.75, 3.05) is 40.5 Å². The highest BCUT2D eigenvalue weighted by atomic mass is 32.2. The first-order chi connectivity index (χ1) is 19.0. The number of hydrogen-bond donors (Lipinski definition) is 0. The number of carbonyl (C=O) groups excluding carboxylic acids is 2. The molecule has 3 aliphatic rings. The minimum atomic E-state index is -0.594. The van der Waals surface area contributed by atoms with Crippen molar-refractivity contribution < 1.29 is 28.5 Å². The van der Waals surface area contributed by atoms with Gasteiger partial charge in [0, 0.05) is 24.9 Å². The van der Waals surface area contributed by atoms with Crippen LogP contribution in [0.25, 0.3) is 0 Å². The zero-order valence-electron chi connectivity index (χ0n) is 22.2. The van der Waals surface area contributed by atoms with Gasteiger partial charge in [-0.1, -0.05) is 42.1 Å². The van der Waals surface area contributed by atoms with Crippen molar-refractivity contribution >= 4 is 28.8 Å². The normalized spacial score (nSPS) is 18.8. The van der Waals surface area contributed by atoms with Crippen LogP contribution >= 0.6 is 11.8 Å². The molecule has 0 unspecified atom stereocenters. The molecule has 204 valence electrons. The van der Waals surface area contributed by atoms with Crippen molar-refractivity contribution in [2.45, 2.75) is 26.0 Å².